The summed E-state index contributed by atoms with van der Waals surface area (Å²) in [6, 6.07) is 18.1. The fourth-order valence-electron chi connectivity index (χ4n) is 4.59. The van der Waals surface area contributed by atoms with Crippen molar-refractivity contribution < 1.29 is 13.9 Å². The Bertz CT molecular complexity index is 1360. The first-order valence-electron chi connectivity index (χ1n) is 11.8. The first-order valence-corrected chi connectivity index (χ1v) is 11.8. The van der Waals surface area contributed by atoms with Crippen molar-refractivity contribution in [3.63, 3.8) is 0 Å². The van der Waals surface area contributed by atoms with E-state index in [1.807, 2.05) is 43.3 Å². The van der Waals surface area contributed by atoms with Gasteiger partial charge in [0, 0.05) is 48.9 Å². The van der Waals surface area contributed by atoms with Gasteiger partial charge in [0.25, 0.3) is 0 Å². The van der Waals surface area contributed by atoms with Gasteiger partial charge in [0.05, 0.1) is 12.8 Å². The van der Waals surface area contributed by atoms with E-state index in [9.17, 15) is 9.18 Å². The number of halogens is 1. The molecule has 3 heterocycles. The second-order valence-corrected chi connectivity index (χ2v) is 8.87. The van der Waals surface area contributed by atoms with Crippen LogP contribution in [0.15, 0.2) is 60.7 Å². The zero-order chi connectivity index (χ0) is 24.4. The van der Waals surface area contributed by atoms with Gasteiger partial charge in [-0.25, -0.2) is 9.37 Å². The van der Waals surface area contributed by atoms with Gasteiger partial charge in [-0.3, -0.25) is 4.79 Å². The molecule has 1 saturated heterocycles. The van der Waals surface area contributed by atoms with Crippen molar-refractivity contribution in [1.82, 2.24) is 19.9 Å². The average Bonchev–Trinajstić information content (AvgIpc) is 3.31. The van der Waals surface area contributed by atoms with Crippen LogP contribution in [0.25, 0.3) is 16.9 Å². The summed E-state index contributed by atoms with van der Waals surface area (Å²) in [6.45, 7) is 3.87. The van der Waals surface area contributed by atoms with E-state index in [1.54, 1.807) is 29.8 Å². The molecule has 7 nitrogen and oxygen atoms in total. The van der Waals surface area contributed by atoms with E-state index in [0.717, 1.165) is 48.8 Å². The second kappa shape index (κ2) is 9.74. The van der Waals surface area contributed by atoms with Crippen LogP contribution in [0.3, 0.4) is 0 Å². The Kier molecular flexibility index (Phi) is 6.35. The Morgan fingerprint density at radius 1 is 1.11 bits per heavy atom. The van der Waals surface area contributed by atoms with E-state index in [2.05, 4.69) is 20.3 Å². The van der Waals surface area contributed by atoms with Crippen LogP contribution in [0.2, 0.25) is 0 Å². The molecule has 1 N–H and O–H groups in total. The minimum Gasteiger partial charge on any atom is -0.497 e. The summed E-state index contributed by atoms with van der Waals surface area (Å²) in [6.07, 6.45) is 1.49. The smallest absolute Gasteiger partial charge is 0.223 e. The third-order valence-corrected chi connectivity index (χ3v) is 6.48. The Balaban J connectivity index is 1.28. The Hall–Kier alpha value is -3.94. The van der Waals surface area contributed by atoms with E-state index in [4.69, 9.17) is 4.74 Å². The Morgan fingerprint density at radius 2 is 1.91 bits per heavy atom. The zero-order valence-corrected chi connectivity index (χ0v) is 19.9. The van der Waals surface area contributed by atoms with E-state index < -0.39 is 0 Å². The Morgan fingerprint density at radius 3 is 2.69 bits per heavy atom. The molecule has 0 atom stereocenters. The average molecular weight is 474 g/mol. The van der Waals surface area contributed by atoms with E-state index >= 15 is 0 Å². The maximum Gasteiger partial charge on any atom is 0.223 e. The van der Waals surface area contributed by atoms with Crippen LogP contribution in [0.5, 0.6) is 5.75 Å². The minimum absolute atomic E-state index is 0.0399. The topological polar surface area (TPSA) is 71.8 Å². The number of aryl methyl sites for hydroxylation is 1. The van der Waals surface area contributed by atoms with Gasteiger partial charge in [-0.05, 0) is 49.6 Å². The number of amides is 1. The highest BCUT2D eigenvalue weighted by Crippen LogP contribution is 2.28. The van der Waals surface area contributed by atoms with Gasteiger partial charge in [0.2, 0.25) is 5.91 Å². The van der Waals surface area contributed by atoms with Crippen molar-refractivity contribution in [3.05, 3.63) is 77.7 Å². The molecule has 35 heavy (non-hydrogen) atoms. The number of aromatic nitrogens is 3. The summed E-state index contributed by atoms with van der Waals surface area (Å²) < 4.78 is 21.4. The molecule has 0 spiro atoms. The third kappa shape index (κ3) is 4.82. The van der Waals surface area contributed by atoms with E-state index in [-0.39, 0.29) is 17.6 Å². The lowest BCUT2D eigenvalue weighted by Gasteiger charge is -2.33. The maximum atomic E-state index is 14.3. The van der Waals surface area contributed by atoms with Crippen LogP contribution in [-0.2, 0) is 11.3 Å². The number of methoxy groups -OCH3 is 1. The molecule has 1 fully saturated rings. The predicted octanol–water partition coefficient (Wildman–Crippen LogP) is 4.39. The minimum atomic E-state index is -0.310. The van der Waals surface area contributed by atoms with Gasteiger partial charge >= 0.3 is 0 Å². The van der Waals surface area contributed by atoms with Gasteiger partial charge in [0.15, 0.2) is 5.65 Å². The third-order valence-electron chi connectivity index (χ3n) is 6.48. The molecule has 1 aliphatic rings. The van der Waals surface area contributed by atoms with Gasteiger partial charge in [-0.2, -0.15) is 9.61 Å². The number of carbonyl (C=O) groups is 1. The summed E-state index contributed by atoms with van der Waals surface area (Å²) in [5.74, 6) is 1.41. The molecule has 0 aliphatic carbocycles. The lowest BCUT2D eigenvalue weighted by molar-refractivity contribution is -0.125. The number of piperidine rings is 1. The van der Waals surface area contributed by atoms with Crippen molar-refractivity contribution in [2.45, 2.75) is 26.3 Å². The van der Waals surface area contributed by atoms with Crippen LogP contribution >= 0.6 is 0 Å². The molecule has 5 rings (SSSR count). The standard InChI is InChI=1S/C27H28FN5O2/c1-18-14-26(33-25(30-18)16-24(31-33)22-8-3-4-9-23(22)28)32-12-10-20(11-13-32)27(34)29-17-19-6-5-7-21(15-19)35-2/h3-9,14-16,20H,10-13,17H2,1-2H3,(H,29,34). The Labute approximate surface area is 203 Å². The van der Waals surface area contributed by atoms with Crippen molar-refractivity contribution in [2.75, 3.05) is 25.1 Å². The number of hydrogen-bond donors (Lipinski definition) is 1. The van der Waals surface area contributed by atoms with Crippen molar-refractivity contribution in [2.24, 2.45) is 5.92 Å². The predicted molar refractivity (Wildman–Crippen MR) is 133 cm³/mol. The lowest BCUT2D eigenvalue weighted by atomic mass is 9.95. The van der Waals surface area contributed by atoms with Crippen LogP contribution in [-0.4, -0.2) is 40.7 Å². The van der Waals surface area contributed by atoms with Gasteiger partial charge in [-0.1, -0.05) is 24.3 Å². The second-order valence-electron chi connectivity index (χ2n) is 8.87. The zero-order valence-electron chi connectivity index (χ0n) is 19.9. The lowest BCUT2D eigenvalue weighted by Crippen LogP contribution is -2.41. The highest BCUT2D eigenvalue weighted by molar-refractivity contribution is 5.79. The molecule has 0 saturated carbocycles. The molecule has 0 bridgehead atoms. The van der Waals surface area contributed by atoms with Crippen LogP contribution in [0.1, 0.15) is 24.1 Å². The molecule has 2 aromatic heterocycles. The molecule has 1 amide bonds. The number of fused-ring (bicyclic) bond motifs is 1. The summed E-state index contributed by atoms with van der Waals surface area (Å²) in [5, 5.41) is 7.74. The van der Waals surface area contributed by atoms with Crippen LogP contribution in [0, 0.1) is 18.7 Å². The van der Waals surface area contributed by atoms with Gasteiger partial charge in [-0.15, -0.1) is 0 Å². The van der Waals surface area contributed by atoms with Crippen LogP contribution < -0.4 is 15.0 Å². The monoisotopic (exact) mass is 473 g/mol. The fraction of sp³-hybridized carbons (Fsp3) is 0.296. The van der Waals surface area contributed by atoms with E-state index in [1.165, 1.54) is 6.07 Å². The number of carbonyl (C=O) groups excluding carboxylic acids is 1. The van der Waals surface area contributed by atoms with E-state index in [0.29, 0.717) is 23.4 Å². The molecule has 180 valence electrons. The fourth-order valence-corrected chi connectivity index (χ4v) is 4.59. The molecule has 8 heteroatoms. The number of nitrogens with zero attached hydrogens (tertiary/aromatic N) is 4. The molecule has 0 radical (unpaired) electrons. The number of benzene rings is 2. The first-order chi connectivity index (χ1) is 17.0. The molecular formula is C27H28FN5O2. The molecular weight excluding hydrogens is 445 g/mol. The van der Waals surface area contributed by atoms with Crippen molar-refractivity contribution >= 4 is 17.4 Å². The highest BCUT2D eigenvalue weighted by atomic mass is 19.1. The summed E-state index contributed by atoms with van der Waals surface area (Å²) >= 11 is 0. The van der Waals surface area contributed by atoms with Gasteiger partial charge < -0.3 is 15.0 Å². The number of hydrogen-bond acceptors (Lipinski definition) is 5. The maximum absolute atomic E-state index is 14.3. The largest absolute Gasteiger partial charge is 0.497 e. The molecule has 0 unspecified atom stereocenters. The highest BCUT2D eigenvalue weighted by Gasteiger charge is 2.27. The number of anilines is 1. The van der Waals surface area contributed by atoms with Crippen molar-refractivity contribution in [1.29, 1.82) is 0 Å². The summed E-state index contributed by atoms with van der Waals surface area (Å²) in [4.78, 5) is 19.6. The SMILES string of the molecule is COc1cccc(CNC(=O)C2CCN(c3cc(C)nc4cc(-c5ccccc5F)nn34)CC2)c1. The summed E-state index contributed by atoms with van der Waals surface area (Å²) in [5.41, 5.74) is 3.55. The summed E-state index contributed by atoms with van der Waals surface area (Å²) in [7, 11) is 1.63. The van der Waals surface area contributed by atoms with Crippen molar-refractivity contribution in [3.8, 4) is 17.0 Å². The number of ether oxygens (including phenoxy) is 1. The number of rotatable bonds is 6. The van der Waals surface area contributed by atoms with Gasteiger partial charge in [0.1, 0.15) is 17.4 Å². The molecule has 2 aromatic carbocycles. The molecule has 1 aliphatic heterocycles. The number of nitrogens with one attached hydrogen (secondary N) is 1. The molecule has 4 aromatic rings. The first kappa shape index (κ1) is 22.8. The normalized spacial score (nSPS) is 14.3. The quantitative estimate of drug-likeness (QED) is 0.450. The van der Waals surface area contributed by atoms with Crippen LogP contribution in [0.4, 0.5) is 10.2 Å².